The summed E-state index contributed by atoms with van der Waals surface area (Å²) < 4.78 is 50.4. The molecule has 0 fully saturated rings. The first-order valence-electron chi connectivity index (χ1n) is 11.2. The van der Waals surface area contributed by atoms with Crippen LogP contribution in [0.25, 0.3) is 0 Å². The van der Waals surface area contributed by atoms with Gasteiger partial charge in [-0.2, -0.15) is 13.2 Å². The van der Waals surface area contributed by atoms with Crippen molar-refractivity contribution in [1.29, 1.82) is 0 Å². The van der Waals surface area contributed by atoms with Crippen LogP contribution in [0.4, 0.5) is 34.8 Å². The van der Waals surface area contributed by atoms with Crippen molar-refractivity contribution in [2.45, 2.75) is 12.7 Å². The van der Waals surface area contributed by atoms with Crippen molar-refractivity contribution >= 4 is 50.8 Å². The maximum absolute atomic E-state index is 13.6. The van der Waals surface area contributed by atoms with E-state index >= 15 is 0 Å². The van der Waals surface area contributed by atoms with Crippen molar-refractivity contribution in [3.63, 3.8) is 0 Å². The van der Waals surface area contributed by atoms with Crippen LogP contribution in [0.5, 0.6) is 0 Å². The molecular formula is C25H19BrF4N6O5. The third-order valence-corrected chi connectivity index (χ3v) is 5.66. The number of benzene rings is 3. The van der Waals surface area contributed by atoms with Gasteiger partial charge in [0.15, 0.2) is 11.5 Å². The van der Waals surface area contributed by atoms with Crippen LogP contribution in [-0.2, 0) is 11.3 Å². The van der Waals surface area contributed by atoms with Crippen LogP contribution in [0.3, 0.4) is 0 Å². The minimum absolute atomic E-state index is 0.0134. The Balaban J connectivity index is 0.000000587. The number of nitrogens with one attached hydrogen (secondary N) is 1. The number of carbonyl (C=O) groups excluding carboxylic acids is 1. The Labute approximate surface area is 237 Å². The number of anilines is 2. The van der Waals surface area contributed by atoms with Crippen LogP contribution < -0.4 is 16.1 Å². The van der Waals surface area contributed by atoms with E-state index in [1.807, 2.05) is 5.48 Å². The van der Waals surface area contributed by atoms with Crippen LogP contribution in [0, 0.1) is 5.82 Å². The highest BCUT2D eigenvalue weighted by Crippen LogP contribution is 2.30. The summed E-state index contributed by atoms with van der Waals surface area (Å²) in [5.41, 5.74) is 9.59. The number of halogens is 5. The summed E-state index contributed by atoms with van der Waals surface area (Å²) in [5, 5.41) is 24.7. The molecule has 1 heterocycles. The zero-order valence-electron chi connectivity index (χ0n) is 20.5. The minimum Gasteiger partial charge on any atom is -0.475 e. The van der Waals surface area contributed by atoms with E-state index in [9.17, 15) is 27.6 Å². The Kier molecular flexibility index (Phi) is 10.2. The van der Waals surface area contributed by atoms with Gasteiger partial charge in [0.1, 0.15) is 5.82 Å². The van der Waals surface area contributed by atoms with Crippen LogP contribution >= 0.6 is 15.9 Å². The van der Waals surface area contributed by atoms with Crippen LogP contribution in [0.15, 0.2) is 86.9 Å². The monoisotopic (exact) mass is 638 g/mol. The molecule has 41 heavy (non-hydrogen) atoms. The number of amides is 1. The maximum Gasteiger partial charge on any atom is 0.490 e. The van der Waals surface area contributed by atoms with Crippen LogP contribution in [-0.4, -0.2) is 44.5 Å². The van der Waals surface area contributed by atoms with Gasteiger partial charge in [0, 0.05) is 12.1 Å². The van der Waals surface area contributed by atoms with Crippen molar-refractivity contribution in [1.82, 2.24) is 15.8 Å². The first-order chi connectivity index (χ1) is 19.5. The van der Waals surface area contributed by atoms with E-state index in [4.69, 9.17) is 20.3 Å². The van der Waals surface area contributed by atoms with Crippen molar-refractivity contribution in [2.75, 3.05) is 4.90 Å². The summed E-state index contributed by atoms with van der Waals surface area (Å²) in [6.45, 7) is 0.343. The number of aromatic nitrogens is 2. The SMILES string of the molecule is NCc1ccc(C(=O)N(c2ccccc2)c2nonc2C(=Nc2ccc(F)c(Br)c2)NO)cc1.O=C(O)C(F)(F)F. The summed E-state index contributed by atoms with van der Waals surface area (Å²) >= 11 is 3.10. The maximum atomic E-state index is 13.6. The molecule has 0 aliphatic rings. The minimum atomic E-state index is -5.08. The molecular weight excluding hydrogens is 620 g/mol. The van der Waals surface area contributed by atoms with Gasteiger partial charge in [0.2, 0.25) is 5.82 Å². The molecule has 0 spiro atoms. The molecule has 4 aromatic rings. The second-order valence-electron chi connectivity index (χ2n) is 7.79. The molecule has 0 unspecified atom stereocenters. The van der Waals surface area contributed by atoms with E-state index in [0.717, 1.165) is 5.56 Å². The summed E-state index contributed by atoms with van der Waals surface area (Å²) in [4.78, 5) is 28.0. The first kappa shape index (κ1) is 30.9. The molecule has 1 amide bonds. The van der Waals surface area contributed by atoms with E-state index in [0.29, 0.717) is 23.5 Å². The molecule has 3 aromatic carbocycles. The normalized spacial score (nSPS) is 11.3. The number of nitrogens with zero attached hydrogens (tertiary/aromatic N) is 4. The molecule has 4 rings (SSSR count). The number of para-hydroxylation sites is 1. The molecule has 5 N–H and O–H groups in total. The Bertz CT molecular complexity index is 1530. The second-order valence-corrected chi connectivity index (χ2v) is 8.64. The van der Waals surface area contributed by atoms with E-state index in [2.05, 4.69) is 31.2 Å². The van der Waals surface area contributed by atoms with Gasteiger partial charge in [-0.25, -0.2) is 18.8 Å². The number of hydrogen-bond acceptors (Lipinski definition) is 8. The lowest BCUT2D eigenvalue weighted by molar-refractivity contribution is -0.192. The quantitative estimate of drug-likeness (QED) is 0.0972. The zero-order valence-corrected chi connectivity index (χ0v) is 22.1. The van der Waals surface area contributed by atoms with Gasteiger partial charge < -0.3 is 10.8 Å². The molecule has 0 aliphatic heterocycles. The molecule has 0 aliphatic carbocycles. The third-order valence-electron chi connectivity index (χ3n) is 5.05. The molecule has 1 aromatic heterocycles. The predicted octanol–water partition coefficient (Wildman–Crippen LogP) is 5.10. The Hall–Kier alpha value is -4.67. The van der Waals surface area contributed by atoms with Crippen molar-refractivity contribution in [3.8, 4) is 0 Å². The lowest BCUT2D eigenvalue weighted by Crippen LogP contribution is -2.30. The van der Waals surface area contributed by atoms with Crippen molar-refractivity contribution < 1.29 is 42.1 Å². The van der Waals surface area contributed by atoms with Crippen LogP contribution in [0.1, 0.15) is 21.6 Å². The van der Waals surface area contributed by atoms with Crippen LogP contribution in [0.2, 0.25) is 0 Å². The summed E-state index contributed by atoms with van der Waals surface area (Å²) in [6, 6.07) is 19.6. The summed E-state index contributed by atoms with van der Waals surface area (Å²) in [6.07, 6.45) is -5.08. The lowest BCUT2D eigenvalue weighted by atomic mass is 10.1. The fraction of sp³-hybridized carbons (Fsp3) is 0.0800. The molecule has 0 saturated carbocycles. The van der Waals surface area contributed by atoms with Gasteiger partial charge in [-0.15, -0.1) is 0 Å². The zero-order chi connectivity index (χ0) is 30.2. The smallest absolute Gasteiger partial charge is 0.475 e. The van der Waals surface area contributed by atoms with Crippen molar-refractivity contribution in [2.24, 2.45) is 10.7 Å². The van der Waals surface area contributed by atoms with E-state index in [1.54, 1.807) is 54.6 Å². The topological polar surface area (TPSA) is 167 Å². The first-order valence-corrected chi connectivity index (χ1v) is 12.0. The van der Waals surface area contributed by atoms with Crippen molar-refractivity contribution in [3.05, 3.63) is 99.9 Å². The number of alkyl halides is 3. The number of carboxylic acids is 1. The van der Waals surface area contributed by atoms with Gasteiger partial charge in [0.25, 0.3) is 5.91 Å². The van der Waals surface area contributed by atoms with E-state index < -0.39 is 23.9 Å². The lowest BCUT2D eigenvalue weighted by Gasteiger charge is -2.21. The fourth-order valence-electron chi connectivity index (χ4n) is 3.12. The Morgan fingerprint density at radius 2 is 1.68 bits per heavy atom. The standard InChI is InChI=1S/C23H18BrFN6O3.C2HF3O2/c24-18-12-16(10-11-19(18)25)27-21(28-33)20-22(30-34-29-20)31(17-4-2-1-3-5-17)23(32)15-8-6-14(13-26)7-9-15;3-2(4,5)1(6)7/h1-12,33H,13,26H2,(H,27,28);(H,6,7). The number of hydrogen-bond donors (Lipinski definition) is 4. The number of aliphatic imine (C=N–C) groups is 1. The predicted molar refractivity (Wildman–Crippen MR) is 140 cm³/mol. The highest BCUT2D eigenvalue weighted by Gasteiger charge is 2.38. The van der Waals surface area contributed by atoms with Gasteiger partial charge in [0.05, 0.1) is 15.8 Å². The number of aliphatic carboxylic acids is 1. The fourth-order valence-corrected chi connectivity index (χ4v) is 3.49. The number of carboxylic acid groups (broad SMARTS) is 1. The average molecular weight is 639 g/mol. The number of hydroxylamine groups is 1. The molecule has 0 saturated heterocycles. The molecule has 0 radical (unpaired) electrons. The Morgan fingerprint density at radius 3 is 2.22 bits per heavy atom. The van der Waals surface area contributed by atoms with E-state index in [-0.39, 0.29) is 21.8 Å². The van der Waals surface area contributed by atoms with Gasteiger partial charge in [-0.1, -0.05) is 30.3 Å². The molecule has 0 bridgehead atoms. The number of nitrogens with two attached hydrogens (primary N) is 1. The molecule has 214 valence electrons. The molecule has 0 atom stereocenters. The average Bonchev–Trinajstić information content (AvgIpc) is 3.43. The third kappa shape index (κ3) is 7.93. The largest absolute Gasteiger partial charge is 0.490 e. The van der Waals surface area contributed by atoms with Gasteiger partial charge >= 0.3 is 12.1 Å². The van der Waals surface area contributed by atoms with Gasteiger partial charge in [-0.05, 0) is 74.3 Å². The summed E-state index contributed by atoms with van der Waals surface area (Å²) in [7, 11) is 0. The highest BCUT2D eigenvalue weighted by atomic mass is 79.9. The second kappa shape index (κ2) is 13.6. The summed E-state index contributed by atoms with van der Waals surface area (Å²) in [5.74, 6) is -3.83. The van der Waals surface area contributed by atoms with Gasteiger partial charge in [-0.3, -0.25) is 20.4 Å². The number of rotatable bonds is 6. The van der Waals surface area contributed by atoms with E-state index in [1.165, 1.54) is 23.1 Å². The molecule has 11 nitrogen and oxygen atoms in total. The number of carbonyl (C=O) groups is 2. The Morgan fingerprint density at radius 1 is 1.05 bits per heavy atom. The number of amidine groups is 1. The highest BCUT2D eigenvalue weighted by molar-refractivity contribution is 9.10. The molecule has 16 heteroatoms.